The van der Waals surface area contributed by atoms with Gasteiger partial charge < -0.3 is 14.0 Å². The van der Waals surface area contributed by atoms with Crippen molar-refractivity contribution in [2.24, 2.45) is 0 Å². The van der Waals surface area contributed by atoms with Gasteiger partial charge in [0.25, 0.3) is 0 Å². The Morgan fingerprint density at radius 3 is 1.97 bits per heavy atom. The first kappa shape index (κ1) is 30.9. The van der Waals surface area contributed by atoms with Gasteiger partial charge in [-0.05, 0) is 30.5 Å². The number of benzene rings is 2. The predicted molar refractivity (Wildman–Crippen MR) is 155 cm³/mol. The molecule has 37 heavy (non-hydrogen) atoms. The van der Waals surface area contributed by atoms with Gasteiger partial charge in [0.1, 0.15) is 12.3 Å². The fourth-order valence-electron chi connectivity index (χ4n) is 5.02. The van der Waals surface area contributed by atoms with E-state index in [4.69, 9.17) is 9.47 Å². The van der Waals surface area contributed by atoms with E-state index in [2.05, 4.69) is 64.3 Å². The molecule has 0 fully saturated rings. The number of quaternary nitrogens is 1. The Morgan fingerprint density at radius 2 is 1.35 bits per heavy atom. The summed E-state index contributed by atoms with van der Waals surface area (Å²) in [4.78, 5) is 12.8. The highest BCUT2D eigenvalue weighted by atomic mass is 16.5. The molecular formula is C33H52NO3+. The van der Waals surface area contributed by atoms with Gasteiger partial charge >= 0.3 is 5.97 Å². The molecule has 1 atom stereocenters. The van der Waals surface area contributed by atoms with E-state index < -0.39 is 0 Å². The summed E-state index contributed by atoms with van der Waals surface area (Å²) in [6, 6.07) is 18.6. The molecule has 1 unspecified atom stereocenters. The quantitative estimate of drug-likeness (QED) is 0.102. The lowest BCUT2D eigenvalue weighted by atomic mass is 10.0. The van der Waals surface area contributed by atoms with Gasteiger partial charge in [-0.3, -0.25) is 0 Å². The third-order valence-electron chi connectivity index (χ3n) is 7.23. The van der Waals surface area contributed by atoms with Gasteiger partial charge in [0.2, 0.25) is 0 Å². The molecular weight excluding hydrogens is 458 g/mol. The molecule has 4 heteroatoms. The lowest BCUT2D eigenvalue weighted by Gasteiger charge is -2.36. The fraction of sp³-hybridized carbons (Fsp3) is 0.606. The summed E-state index contributed by atoms with van der Waals surface area (Å²) in [5.74, 6) is 0.763. The number of nitrogens with zero attached hydrogens (tertiary/aromatic N) is 1. The van der Waals surface area contributed by atoms with Crippen LogP contribution >= 0.6 is 0 Å². The third kappa shape index (κ3) is 12.6. The van der Waals surface area contributed by atoms with Crippen LogP contribution in [0.15, 0.2) is 54.6 Å². The van der Waals surface area contributed by atoms with Gasteiger partial charge in [-0.15, -0.1) is 0 Å². The molecule has 2 aromatic rings. The molecule has 0 N–H and O–H groups in total. The van der Waals surface area contributed by atoms with Crippen LogP contribution in [0.3, 0.4) is 0 Å². The molecule has 0 amide bonds. The van der Waals surface area contributed by atoms with Crippen molar-refractivity contribution in [3.05, 3.63) is 65.7 Å². The number of hydrogen-bond acceptors (Lipinski definition) is 3. The standard InChI is InChI=1S/C33H52NO3/c1-5-7-8-9-10-11-12-13-15-19-29-22-24-31(25-23-29)36-26-18-27-37-33(35)32(6-2)34(3,4)28-30-20-16-14-17-21-30/h14,16-17,20-25,32H,5-13,15,18-19,26-28H2,1-4H3/q+1. The summed E-state index contributed by atoms with van der Waals surface area (Å²) in [6.07, 6.45) is 14.8. The minimum atomic E-state index is -0.181. The third-order valence-corrected chi connectivity index (χ3v) is 7.23. The topological polar surface area (TPSA) is 35.5 Å². The van der Waals surface area contributed by atoms with Gasteiger partial charge in [-0.25, -0.2) is 4.79 Å². The second-order valence-electron chi connectivity index (χ2n) is 10.9. The Morgan fingerprint density at radius 1 is 0.730 bits per heavy atom. The SMILES string of the molecule is CCCCCCCCCCCc1ccc(OCCCOC(=O)C(CC)[N+](C)(C)Cc2ccccc2)cc1. The zero-order valence-electron chi connectivity index (χ0n) is 24.1. The Labute approximate surface area is 227 Å². The minimum absolute atomic E-state index is 0.121. The van der Waals surface area contributed by atoms with Crippen molar-refractivity contribution in [1.82, 2.24) is 0 Å². The maximum absolute atomic E-state index is 12.8. The van der Waals surface area contributed by atoms with Crippen molar-refractivity contribution in [3.8, 4) is 5.75 Å². The van der Waals surface area contributed by atoms with E-state index >= 15 is 0 Å². The van der Waals surface area contributed by atoms with Crippen LogP contribution in [0.25, 0.3) is 0 Å². The molecule has 2 rings (SSSR count). The summed E-state index contributed by atoms with van der Waals surface area (Å²) in [5, 5.41) is 0. The number of aryl methyl sites for hydroxylation is 1. The first-order valence-electron chi connectivity index (χ1n) is 14.7. The van der Waals surface area contributed by atoms with Gasteiger partial charge in [-0.2, -0.15) is 0 Å². The van der Waals surface area contributed by atoms with E-state index in [0.29, 0.717) is 24.1 Å². The molecule has 0 aliphatic carbocycles. The largest absolute Gasteiger partial charge is 0.493 e. The lowest BCUT2D eigenvalue weighted by molar-refractivity contribution is -0.919. The van der Waals surface area contributed by atoms with Crippen LogP contribution in [0.1, 0.15) is 95.6 Å². The molecule has 0 aromatic heterocycles. The number of rotatable bonds is 20. The Hall–Kier alpha value is -2.33. The number of hydrogen-bond donors (Lipinski definition) is 0. The number of carbonyl (C=O) groups is 1. The average Bonchev–Trinajstić information content (AvgIpc) is 2.89. The number of esters is 1. The van der Waals surface area contributed by atoms with Crippen LogP contribution in [-0.4, -0.2) is 43.8 Å². The second kappa shape index (κ2) is 18.0. The predicted octanol–water partition coefficient (Wildman–Crippen LogP) is 8.13. The van der Waals surface area contributed by atoms with Gasteiger partial charge in [0.15, 0.2) is 6.04 Å². The molecule has 0 aliphatic rings. The van der Waals surface area contributed by atoms with Crippen molar-refractivity contribution in [2.45, 2.75) is 103 Å². The molecule has 206 valence electrons. The molecule has 0 radical (unpaired) electrons. The van der Waals surface area contributed by atoms with Gasteiger partial charge in [-0.1, -0.05) is 108 Å². The first-order valence-corrected chi connectivity index (χ1v) is 14.7. The Balaban J connectivity index is 1.59. The molecule has 0 saturated carbocycles. The molecule has 0 spiro atoms. The highest BCUT2D eigenvalue weighted by molar-refractivity contribution is 5.74. The van der Waals surface area contributed by atoms with Crippen LogP contribution in [0.5, 0.6) is 5.75 Å². The van der Waals surface area contributed by atoms with E-state index in [1.54, 1.807) is 0 Å². The van der Waals surface area contributed by atoms with E-state index in [-0.39, 0.29) is 12.0 Å². The van der Waals surface area contributed by atoms with E-state index in [1.165, 1.54) is 68.9 Å². The fourth-order valence-corrected chi connectivity index (χ4v) is 5.02. The summed E-state index contributed by atoms with van der Waals surface area (Å²) < 4.78 is 12.1. The van der Waals surface area contributed by atoms with E-state index in [0.717, 1.165) is 25.1 Å². The van der Waals surface area contributed by atoms with Crippen molar-refractivity contribution in [1.29, 1.82) is 0 Å². The number of likely N-dealkylation sites (N-methyl/N-ethyl adjacent to an activating group) is 1. The van der Waals surface area contributed by atoms with Crippen LogP contribution in [0.4, 0.5) is 0 Å². The molecule has 2 aromatic carbocycles. The number of unbranched alkanes of at least 4 members (excludes halogenated alkanes) is 8. The van der Waals surface area contributed by atoms with Crippen LogP contribution in [-0.2, 0) is 22.5 Å². The van der Waals surface area contributed by atoms with Crippen molar-refractivity contribution in [2.75, 3.05) is 27.3 Å². The summed E-state index contributed by atoms with van der Waals surface area (Å²) in [5.41, 5.74) is 2.61. The highest BCUT2D eigenvalue weighted by Crippen LogP contribution is 2.19. The van der Waals surface area contributed by atoms with E-state index in [1.807, 2.05) is 18.2 Å². The summed E-state index contributed by atoms with van der Waals surface area (Å²) in [6.45, 7) is 6.06. The Kier molecular flexibility index (Phi) is 15.0. The second-order valence-corrected chi connectivity index (χ2v) is 10.9. The zero-order chi connectivity index (χ0) is 26.8. The molecule has 0 bridgehead atoms. The maximum atomic E-state index is 12.8. The zero-order valence-corrected chi connectivity index (χ0v) is 24.1. The van der Waals surface area contributed by atoms with Crippen molar-refractivity contribution < 1.29 is 18.8 Å². The monoisotopic (exact) mass is 510 g/mol. The normalized spacial score (nSPS) is 12.3. The molecule has 0 saturated heterocycles. The number of carbonyl (C=O) groups excluding carboxylic acids is 1. The lowest BCUT2D eigenvalue weighted by Crippen LogP contribution is -2.52. The first-order chi connectivity index (χ1) is 18.0. The highest BCUT2D eigenvalue weighted by Gasteiger charge is 2.34. The van der Waals surface area contributed by atoms with Crippen LogP contribution < -0.4 is 4.74 Å². The van der Waals surface area contributed by atoms with Crippen LogP contribution in [0.2, 0.25) is 0 Å². The van der Waals surface area contributed by atoms with E-state index in [9.17, 15) is 4.79 Å². The molecule has 4 nitrogen and oxygen atoms in total. The van der Waals surface area contributed by atoms with Gasteiger partial charge in [0.05, 0.1) is 27.3 Å². The molecule has 0 heterocycles. The van der Waals surface area contributed by atoms with Crippen molar-refractivity contribution in [3.63, 3.8) is 0 Å². The minimum Gasteiger partial charge on any atom is -0.493 e. The van der Waals surface area contributed by atoms with Gasteiger partial charge in [0, 0.05) is 18.4 Å². The average molecular weight is 511 g/mol. The van der Waals surface area contributed by atoms with Crippen molar-refractivity contribution >= 4 is 5.97 Å². The number of ether oxygens (including phenoxy) is 2. The summed E-state index contributed by atoms with van der Waals surface area (Å²) in [7, 11) is 4.20. The summed E-state index contributed by atoms with van der Waals surface area (Å²) >= 11 is 0. The maximum Gasteiger partial charge on any atom is 0.364 e. The Bertz CT molecular complexity index is 848. The molecule has 0 aliphatic heterocycles. The van der Waals surface area contributed by atoms with Crippen LogP contribution in [0, 0.1) is 0 Å². The smallest absolute Gasteiger partial charge is 0.364 e.